The second-order valence-electron chi connectivity index (χ2n) is 11.6. The second-order valence-corrected chi connectivity index (χ2v) is 14.3. The van der Waals surface area contributed by atoms with Crippen LogP contribution in [0.25, 0.3) is 0 Å². The summed E-state index contributed by atoms with van der Waals surface area (Å²) in [5.74, 6) is -0.269. The maximum atomic E-state index is 14.6. The van der Waals surface area contributed by atoms with Crippen LogP contribution in [-0.4, -0.2) is 51.4 Å². The molecule has 0 heterocycles. The van der Waals surface area contributed by atoms with E-state index in [1.807, 2.05) is 51.1 Å². The lowest BCUT2D eigenvalue weighted by Gasteiger charge is -2.34. The van der Waals surface area contributed by atoms with Gasteiger partial charge in [0.05, 0.1) is 17.7 Å². The Balaban J connectivity index is 1.82. The van der Waals surface area contributed by atoms with Gasteiger partial charge in [-0.25, -0.2) is 8.42 Å². The van der Waals surface area contributed by atoms with Gasteiger partial charge in [0.15, 0.2) is 0 Å². The molecule has 4 aromatic rings. The van der Waals surface area contributed by atoms with Crippen molar-refractivity contribution < 1.29 is 22.7 Å². The molecule has 0 radical (unpaired) electrons. The smallest absolute Gasteiger partial charge is 0.264 e. The first-order chi connectivity index (χ1) is 22.4. The molecule has 1 N–H and O–H groups in total. The SMILES string of the molecule is COc1ccc(N(CC(=O)N(Cc2ccc(Cl)cc2Cl)C(Cc2ccccc2)C(=O)NCC(C)C)S(=O)(=O)c2ccc(C)cc2)cc1. The van der Waals surface area contributed by atoms with E-state index < -0.39 is 28.5 Å². The maximum Gasteiger partial charge on any atom is 0.264 e. The highest BCUT2D eigenvalue weighted by molar-refractivity contribution is 7.92. The number of rotatable bonds is 14. The number of carbonyl (C=O) groups is 2. The van der Waals surface area contributed by atoms with Crippen molar-refractivity contribution in [3.63, 3.8) is 0 Å². The lowest BCUT2D eigenvalue weighted by molar-refractivity contribution is -0.140. The van der Waals surface area contributed by atoms with E-state index in [1.54, 1.807) is 54.6 Å². The van der Waals surface area contributed by atoms with E-state index in [1.165, 1.54) is 24.1 Å². The van der Waals surface area contributed by atoms with Crippen molar-refractivity contribution in [2.45, 2.75) is 44.7 Å². The van der Waals surface area contributed by atoms with Crippen LogP contribution in [0.1, 0.15) is 30.5 Å². The van der Waals surface area contributed by atoms with E-state index >= 15 is 0 Å². The summed E-state index contributed by atoms with van der Waals surface area (Å²) >= 11 is 12.8. The largest absolute Gasteiger partial charge is 0.497 e. The number of sulfonamides is 1. The third-order valence-corrected chi connectivity index (χ3v) is 9.93. The number of methoxy groups -OCH3 is 1. The predicted molar refractivity (Wildman–Crippen MR) is 187 cm³/mol. The maximum absolute atomic E-state index is 14.6. The predicted octanol–water partition coefficient (Wildman–Crippen LogP) is 6.92. The first kappa shape index (κ1) is 35.8. The average Bonchev–Trinajstić information content (AvgIpc) is 3.05. The van der Waals surface area contributed by atoms with Crippen molar-refractivity contribution in [3.05, 3.63) is 124 Å². The van der Waals surface area contributed by atoms with Crippen molar-refractivity contribution in [2.75, 3.05) is 24.5 Å². The molecule has 11 heteroatoms. The number of aryl methyl sites for hydroxylation is 1. The molecule has 8 nitrogen and oxygen atoms in total. The number of benzene rings is 4. The summed E-state index contributed by atoms with van der Waals surface area (Å²) in [5, 5.41) is 3.71. The molecule has 0 spiro atoms. The lowest BCUT2D eigenvalue weighted by Crippen LogP contribution is -2.53. The van der Waals surface area contributed by atoms with Gasteiger partial charge in [-0.05, 0) is 72.5 Å². The first-order valence-corrected chi connectivity index (χ1v) is 17.4. The fraction of sp³-hybridized carbons (Fsp3) is 0.278. The van der Waals surface area contributed by atoms with Crippen LogP contribution in [0.2, 0.25) is 10.0 Å². The zero-order valence-electron chi connectivity index (χ0n) is 26.8. The molecule has 0 bridgehead atoms. The van der Waals surface area contributed by atoms with E-state index in [-0.39, 0.29) is 35.4 Å². The first-order valence-electron chi connectivity index (χ1n) is 15.2. The van der Waals surface area contributed by atoms with E-state index in [9.17, 15) is 18.0 Å². The Morgan fingerprint density at radius 3 is 2.15 bits per heavy atom. The third kappa shape index (κ3) is 9.50. The molecular weight excluding hydrogens is 657 g/mol. The zero-order valence-corrected chi connectivity index (χ0v) is 29.1. The molecule has 2 amide bonds. The second kappa shape index (κ2) is 16.2. The number of carbonyl (C=O) groups excluding carboxylic acids is 2. The molecular formula is C36H39Cl2N3O5S. The van der Waals surface area contributed by atoms with E-state index in [4.69, 9.17) is 27.9 Å². The van der Waals surface area contributed by atoms with Crippen LogP contribution in [0.15, 0.2) is 102 Å². The average molecular weight is 697 g/mol. The lowest BCUT2D eigenvalue weighted by atomic mass is 10.0. The number of nitrogens with one attached hydrogen (secondary N) is 1. The molecule has 4 rings (SSSR count). The van der Waals surface area contributed by atoms with Gasteiger partial charge in [0.25, 0.3) is 10.0 Å². The highest BCUT2D eigenvalue weighted by Gasteiger charge is 2.35. The summed E-state index contributed by atoms with van der Waals surface area (Å²) in [5.41, 5.74) is 2.53. The number of halogens is 2. The molecule has 0 saturated carbocycles. The van der Waals surface area contributed by atoms with Gasteiger partial charge in [-0.1, -0.05) is 91.1 Å². The topological polar surface area (TPSA) is 96.0 Å². The highest BCUT2D eigenvalue weighted by Crippen LogP contribution is 2.28. The molecule has 1 atom stereocenters. The van der Waals surface area contributed by atoms with Gasteiger partial charge >= 0.3 is 0 Å². The third-order valence-electron chi connectivity index (χ3n) is 7.56. The number of anilines is 1. The van der Waals surface area contributed by atoms with Gasteiger partial charge in [0.2, 0.25) is 11.8 Å². The molecule has 0 aliphatic rings. The van der Waals surface area contributed by atoms with Gasteiger partial charge < -0.3 is 15.0 Å². The summed E-state index contributed by atoms with van der Waals surface area (Å²) in [6, 6.07) is 26.1. The normalized spacial score (nSPS) is 12.0. The molecule has 0 aromatic heterocycles. The van der Waals surface area contributed by atoms with Crippen molar-refractivity contribution >= 4 is 50.7 Å². The fourth-order valence-corrected chi connectivity index (χ4v) is 6.81. The molecule has 0 saturated heterocycles. The minimum Gasteiger partial charge on any atom is -0.497 e. The molecule has 47 heavy (non-hydrogen) atoms. The van der Waals surface area contributed by atoms with E-state index in [0.717, 1.165) is 15.4 Å². The van der Waals surface area contributed by atoms with Gasteiger partial charge in [-0.15, -0.1) is 0 Å². The fourth-order valence-electron chi connectivity index (χ4n) is 4.92. The number of ether oxygens (including phenoxy) is 1. The van der Waals surface area contributed by atoms with Crippen molar-refractivity contribution in [3.8, 4) is 5.75 Å². The Hall–Kier alpha value is -4.05. The minimum atomic E-state index is -4.23. The Labute approximate surface area is 287 Å². The zero-order chi connectivity index (χ0) is 34.1. The summed E-state index contributed by atoms with van der Waals surface area (Å²) in [6.07, 6.45) is 0.189. The highest BCUT2D eigenvalue weighted by atomic mass is 35.5. The van der Waals surface area contributed by atoms with Crippen molar-refractivity contribution in [1.82, 2.24) is 10.2 Å². The van der Waals surface area contributed by atoms with Crippen molar-refractivity contribution in [1.29, 1.82) is 0 Å². The molecule has 248 valence electrons. The van der Waals surface area contributed by atoms with Crippen molar-refractivity contribution in [2.24, 2.45) is 5.92 Å². The number of hydrogen-bond acceptors (Lipinski definition) is 5. The van der Waals surface area contributed by atoms with Crippen LogP contribution in [0.5, 0.6) is 5.75 Å². The van der Waals surface area contributed by atoms with Gasteiger partial charge in [-0.2, -0.15) is 0 Å². The number of nitrogens with zero attached hydrogens (tertiary/aromatic N) is 2. The standard InChI is InChI=1S/C36H39Cl2N3O5S/c1-25(2)22-39-36(43)34(20-27-8-6-5-7-9-27)40(23-28-12-13-29(37)21-33(28)38)35(42)24-41(30-14-16-31(46-4)17-15-30)47(44,45)32-18-10-26(3)11-19-32/h5-19,21,25,34H,20,22-24H2,1-4H3,(H,39,43). The van der Waals surface area contributed by atoms with Gasteiger partial charge in [-0.3, -0.25) is 13.9 Å². The Kier molecular flexibility index (Phi) is 12.3. The van der Waals surface area contributed by atoms with Crippen LogP contribution in [0.3, 0.4) is 0 Å². The summed E-state index contributed by atoms with van der Waals surface area (Å²) in [7, 11) is -2.72. The van der Waals surface area contributed by atoms with Crippen LogP contribution in [0.4, 0.5) is 5.69 Å². The van der Waals surface area contributed by atoms with Crippen LogP contribution in [0, 0.1) is 12.8 Å². The monoisotopic (exact) mass is 695 g/mol. The number of amides is 2. The van der Waals surface area contributed by atoms with E-state index in [2.05, 4.69) is 5.32 Å². The molecule has 0 aliphatic carbocycles. The Morgan fingerprint density at radius 1 is 0.894 bits per heavy atom. The van der Waals surface area contributed by atoms with Crippen LogP contribution < -0.4 is 14.4 Å². The van der Waals surface area contributed by atoms with Crippen LogP contribution >= 0.6 is 23.2 Å². The van der Waals surface area contributed by atoms with Gasteiger partial charge in [0.1, 0.15) is 18.3 Å². The molecule has 1 unspecified atom stereocenters. The Morgan fingerprint density at radius 2 is 1.55 bits per heavy atom. The van der Waals surface area contributed by atoms with Gasteiger partial charge in [0, 0.05) is 29.6 Å². The quantitative estimate of drug-likeness (QED) is 0.155. The molecule has 0 fully saturated rings. The van der Waals surface area contributed by atoms with Crippen LogP contribution in [-0.2, 0) is 32.6 Å². The molecule has 0 aliphatic heterocycles. The van der Waals surface area contributed by atoms with E-state index in [0.29, 0.717) is 27.9 Å². The number of hydrogen-bond donors (Lipinski definition) is 1. The molecule has 4 aromatic carbocycles. The summed E-state index contributed by atoms with van der Waals surface area (Å²) < 4.78 is 34.7. The summed E-state index contributed by atoms with van der Waals surface area (Å²) in [4.78, 5) is 29.9. The summed E-state index contributed by atoms with van der Waals surface area (Å²) in [6.45, 7) is 5.56. The Bertz CT molecular complexity index is 1770. The minimum absolute atomic E-state index is 0.0227.